The van der Waals surface area contributed by atoms with Crippen molar-refractivity contribution in [2.24, 2.45) is 0 Å². The van der Waals surface area contributed by atoms with Crippen molar-refractivity contribution in [2.75, 3.05) is 38.4 Å². The van der Waals surface area contributed by atoms with E-state index in [4.69, 9.17) is 26.8 Å². The minimum absolute atomic E-state index is 0.0155. The average molecular weight is 580 g/mol. The Morgan fingerprint density at radius 1 is 1.25 bits per heavy atom. The molecule has 1 unspecified atom stereocenters. The van der Waals surface area contributed by atoms with Crippen LogP contribution in [0.2, 0.25) is 5.02 Å². The van der Waals surface area contributed by atoms with Crippen molar-refractivity contribution in [3.8, 4) is 6.01 Å². The number of nitrogens with two attached hydrogens (primary N) is 1. The average Bonchev–Trinajstić information content (AvgIpc) is 3.05. The quantitative estimate of drug-likeness (QED) is 0.459. The molecule has 0 bridgehead atoms. The van der Waals surface area contributed by atoms with Crippen LogP contribution >= 0.6 is 11.6 Å². The smallest absolute Gasteiger partial charge is 0.417 e. The molecule has 5 rings (SSSR count). The molecule has 0 saturated heterocycles. The fourth-order valence-corrected chi connectivity index (χ4v) is 5.55. The fourth-order valence-electron chi connectivity index (χ4n) is 5.28. The van der Waals surface area contributed by atoms with E-state index in [-0.39, 0.29) is 52.5 Å². The van der Waals surface area contributed by atoms with Gasteiger partial charge in [-0.05, 0) is 36.6 Å². The topological polar surface area (TPSA) is 112 Å². The second-order valence-corrected chi connectivity index (χ2v) is 10.4. The summed E-state index contributed by atoms with van der Waals surface area (Å²) < 4.78 is 55.2. The predicted octanol–water partition coefficient (Wildman–Crippen LogP) is 4.17. The molecule has 0 spiro atoms. The number of amides is 1. The summed E-state index contributed by atoms with van der Waals surface area (Å²) in [5, 5.41) is 4.72. The van der Waals surface area contributed by atoms with E-state index in [0.717, 1.165) is 0 Å². The third-order valence-electron chi connectivity index (χ3n) is 7.10. The summed E-state index contributed by atoms with van der Waals surface area (Å²) in [5.41, 5.74) is 7.41. The molecule has 2 N–H and O–H groups in total. The van der Waals surface area contributed by atoms with E-state index in [1.54, 1.807) is 18.8 Å². The first-order valence-electron chi connectivity index (χ1n) is 12.6. The van der Waals surface area contributed by atoms with Gasteiger partial charge >= 0.3 is 12.2 Å². The zero-order valence-corrected chi connectivity index (χ0v) is 23.2. The van der Waals surface area contributed by atoms with Gasteiger partial charge in [-0.25, -0.2) is 0 Å². The van der Waals surface area contributed by atoms with Crippen LogP contribution in [0.15, 0.2) is 12.1 Å². The number of carbonyl (C=O) groups is 1. The standard InChI is InChI=1S/C26H29ClF3N7O3/c1-13-8-14(31)9-15(20(13)26(28,29)30)19-10-17-16(12-40-19)23(33-25(32-17)39-4)36-6-5-7-37-18(11-36)21(27)22(34-37)24(38)35(2)3/h8-9,19H,5-7,10-12,31H2,1-4H3. The molecule has 1 amide bonds. The molecule has 0 saturated carbocycles. The Hall–Kier alpha value is -3.58. The first-order valence-corrected chi connectivity index (χ1v) is 13.0. The highest BCUT2D eigenvalue weighted by Gasteiger charge is 2.39. The predicted molar refractivity (Wildman–Crippen MR) is 141 cm³/mol. The van der Waals surface area contributed by atoms with Gasteiger partial charge in [0, 0.05) is 44.9 Å². The van der Waals surface area contributed by atoms with Gasteiger partial charge in [-0.15, -0.1) is 0 Å². The first kappa shape index (κ1) is 28.0. The molecular formula is C26H29ClF3N7O3. The molecule has 0 radical (unpaired) electrons. The van der Waals surface area contributed by atoms with Gasteiger partial charge in [0.15, 0.2) is 5.69 Å². The monoisotopic (exact) mass is 579 g/mol. The number of alkyl halides is 3. The molecule has 10 nitrogen and oxygen atoms in total. The van der Waals surface area contributed by atoms with Crippen LogP contribution in [-0.4, -0.2) is 58.3 Å². The molecule has 214 valence electrons. The van der Waals surface area contributed by atoms with E-state index in [2.05, 4.69) is 15.1 Å². The Bertz CT molecular complexity index is 1470. The maximum atomic E-state index is 14.0. The summed E-state index contributed by atoms with van der Waals surface area (Å²) in [5.74, 6) is 0.235. The summed E-state index contributed by atoms with van der Waals surface area (Å²) in [4.78, 5) is 25.1. The van der Waals surface area contributed by atoms with Crippen LogP contribution in [0, 0.1) is 6.92 Å². The van der Waals surface area contributed by atoms with Crippen molar-refractivity contribution in [3.63, 3.8) is 0 Å². The summed E-state index contributed by atoms with van der Waals surface area (Å²) in [6.07, 6.45) is -4.74. The van der Waals surface area contributed by atoms with Gasteiger partial charge in [0.2, 0.25) is 0 Å². The van der Waals surface area contributed by atoms with Crippen LogP contribution in [0.25, 0.3) is 0 Å². The van der Waals surface area contributed by atoms with Crippen molar-refractivity contribution >= 4 is 29.0 Å². The number of carbonyl (C=O) groups excluding carboxylic acids is 1. The zero-order chi connectivity index (χ0) is 28.9. The molecule has 0 fully saturated rings. The summed E-state index contributed by atoms with van der Waals surface area (Å²) >= 11 is 6.63. The van der Waals surface area contributed by atoms with E-state index in [9.17, 15) is 18.0 Å². The van der Waals surface area contributed by atoms with Crippen LogP contribution in [0.1, 0.15) is 56.7 Å². The van der Waals surface area contributed by atoms with Crippen molar-refractivity contribution < 1.29 is 27.4 Å². The van der Waals surface area contributed by atoms with Crippen molar-refractivity contribution in [3.05, 3.63) is 56.5 Å². The molecule has 2 aromatic heterocycles. The van der Waals surface area contributed by atoms with E-state index in [1.165, 1.54) is 31.1 Å². The highest BCUT2D eigenvalue weighted by atomic mass is 35.5. The molecule has 40 heavy (non-hydrogen) atoms. The number of methoxy groups -OCH3 is 1. The van der Waals surface area contributed by atoms with Crippen LogP contribution < -0.4 is 15.4 Å². The number of nitrogen functional groups attached to an aromatic ring is 1. The largest absolute Gasteiger partial charge is 0.467 e. The molecule has 3 aromatic rings. The molecule has 0 aliphatic carbocycles. The third kappa shape index (κ3) is 5.03. The van der Waals surface area contributed by atoms with Crippen LogP contribution in [-0.2, 0) is 37.0 Å². The van der Waals surface area contributed by atoms with Crippen molar-refractivity contribution in [1.29, 1.82) is 0 Å². The first-order chi connectivity index (χ1) is 18.9. The van der Waals surface area contributed by atoms with Crippen molar-refractivity contribution in [2.45, 2.75) is 51.7 Å². The SMILES string of the molecule is COc1nc2c(c(N3CCCn4nc(C(=O)N(C)C)c(Cl)c4C3)n1)COC(c1cc(N)cc(C)c1C(F)(F)F)C2. The lowest BCUT2D eigenvalue weighted by atomic mass is 9.92. The summed E-state index contributed by atoms with van der Waals surface area (Å²) in [6.45, 7) is 2.80. The lowest BCUT2D eigenvalue weighted by molar-refractivity contribution is -0.140. The lowest BCUT2D eigenvalue weighted by Gasteiger charge is -2.31. The molecule has 14 heteroatoms. The molecule has 4 heterocycles. The number of hydrogen-bond donors (Lipinski definition) is 1. The number of aromatic nitrogens is 4. The molecule has 2 aliphatic rings. The number of nitrogens with zero attached hydrogens (tertiary/aromatic N) is 6. The number of aryl methyl sites for hydroxylation is 2. The molecule has 1 aromatic carbocycles. The van der Waals surface area contributed by atoms with Gasteiger partial charge in [0.1, 0.15) is 5.82 Å². The van der Waals surface area contributed by atoms with Crippen LogP contribution in [0.4, 0.5) is 24.7 Å². The number of anilines is 2. The number of benzene rings is 1. The van der Waals surface area contributed by atoms with Crippen LogP contribution in [0.5, 0.6) is 6.01 Å². The highest BCUT2D eigenvalue weighted by Crippen LogP contribution is 2.43. The van der Waals surface area contributed by atoms with Gasteiger partial charge in [0.25, 0.3) is 5.91 Å². The maximum absolute atomic E-state index is 14.0. The highest BCUT2D eigenvalue weighted by molar-refractivity contribution is 6.34. The van der Waals surface area contributed by atoms with Gasteiger partial charge in [-0.3, -0.25) is 9.48 Å². The summed E-state index contributed by atoms with van der Waals surface area (Å²) in [7, 11) is 4.69. The van der Waals surface area contributed by atoms with Gasteiger partial charge in [0.05, 0.1) is 48.3 Å². The van der Waals surface area contributed by atoms with E-state index in [0.29, 0.717) is 48.8 Å². The minimum atomic E-state index is -4.58. The number of ether oxygens (including phenoxy) is 2. The molecule has 1 atom stereocenters. The van der Waals surface area contributed by atoms with E-state index < -0.39 is 17.8 Å². The second-order valence-electron chi connectivity index (χ2n) is 10.1. The number of halogens is 4. The Kier molecular flexibility index (Phi) is 7.29. The molecular weight excluding hydrogens is 551 g/mol. The zero-order valence-electron chi connectivity index (χ0n) is 22.5. The number of fused-ring (bicyclic) bond motifs is 2. The molecule has 2 aliphatic heterocycles. The summed E-state index contributed by atoms with van der Waals surface area (Å²) in [6, 6.07) is 2.70. The van der Waals surface area contributed by atoms with Gasteiger partial charge in [-0.1, -0.05) is 11.6 Å². The Labute approximate surface area is 233 Å². The Balaban J connectivity index is 1.52. The Morgan fingerprint density at radius 3 is 2.67 bits per heavy atom. The van der Waals surface area contributed by atoms with Gasteiger partial charge in [-0.2, -0.15) is 28.2 Å². The number of hydrogen-bond acceptors (Lipinski definition) is 8. The minimum Gasteiger partial charge on any atom is -0.467 e. The second kappa shape index (κ2) is 10.4. The van der Waals surface area contributed by atoms with E-state index >= 15 is 0 Å². The van der Waals surface area contributed by atoms with Crippen molar-refractivity contribution in [1.82, 2.24) is 24.6 Å². The third-order valence-corrected chi connectivity index (χ3v) is 7.50. The normalized spacial score (nSPS) is 17.2. The van der Waals surface area contributed by atoms with Gasteiger partial charge < -0.3 is 25.0 Å². The maximum Gasteiger partial charge on any atom is 0.417 e. The van der Waals surface area contributed by atoms with Crippen LogP contribution in [0.3, 0.4) is 0 Å². The lowest BCUT2D eigenvalue weighted by Crippen LogP contribution is -2.29. The Morgan fingerprint density at radius 2 is 2.00 bits per heavy atom. The number of rotatable bonds is 4. The fraction of sp³-hybridized carbons (Fsp3) is 0.462. The van der Waals surface area contributed by atoms with E-state index in [1.807, 2.05) is 4.90 Å².